The number of rotatable bonds is 1. The van der Waals surface area contributed by atoms with E-state index >= 15 is 0 Å². The van der Waals surface area contributed by atoms with Gasteiger partial charge >= 0.3 is 6.18 Å². The summed E-state index contributed by atoms with van der Waals surface area (Å²) in [7, 11) is 0. The first-order chi connectivity index (χ1) is 16.4. The van der Waals surface area contributed by atoms with E-state index in [1.54, 1.807) is 36.4 Å². The number of benzene rings is 4. The maximum absolute atomic E-state index is 14.2. The SMILES string of the molecule is [2H]c1cc2c(C(C)(C)C)cc(-c3ncnc4c(C(F)(F)F)c5ccccc5cc34)cc2c([2H])c1[2H]. The molecule has 1 aromatic heterocycles. The molecule has 0 atom stereocenters. The molecule has 0 radical (unpaired) electrons. The highest BCUT2D eigenvalue weighted by molar-refractivity contribution is 6.06. The number of aromatic nitrogens is 2. The Morgan fingerprint density at radius 3 is 2.34 bits per heavy atom. The number of hydrogen-bond donors (Lipinski definition) is 0. The van der Waals surface area contributed by atoms with Gasteiger partial charge in [0.05, 0.1) is 20.9 Å². The van der Waals surface area contributed by atoms with E-state index in [0.717, 1.165) is 11.9 Å². The van der Waals surface area contributed by atoms with Gasteiger partial charge < -0.3 is 0 Å². The first kappa shape index (κ1) is 17.1. The van der Waals surface area contributed by atoms with Gasteiger partial charge in [-0.25, -0.2) is 9.97 Å². The molecule has 0 aliphatic rings. The zero-order chi connectivity index (χ0) is 25.3. The van der Waals surface area contributed by atoms with E-state index < -0.39 is 17.2 Å². The standard InChI is InChI=1S/C27H21F3N2/c1-26(2,3)22-14-18(12-16-8-4-6-10-19(16)22)24-21-13-17-9-5-7-11-20(17)23(27(28,29)30)25(21)32-15-31-24/h4-15H,1-3H3/i4D,6D,8D. The van der Waals surface area contributed by atoms with Gasteiger partial charge in [0.25, 0.3) is 0 Å². The average Bonchev–Trinajstić information content (AvgIpc) is 2.79. The molecule has 0 amide bonds. The highest BCUT2D eigenvalue weighted by Gasteiger charge is 2.36. The Bertz CT molecular complexity index is 1650. The molecule has 0 aliphatic heterocycles. The molecule has 4 aromatic carbocycles. The van der Waals surface area contributed by atoms with Crippen LogP contribution in [0.1, 0.15) is 36.0 Å². The van der Waals surface area contributed by atoms with Crippen molar-refractivity contribution in [1.29, 1.82) is 0 Å². The fourth-order valence-corrected chi connectivity index (χ4v) is 4.26. The van der Waals surface area contributed by atoms with Gasteiger partial charge in [-0.05, 0) is 50.7 Å². The molecule has 5 rings (SSSR count). The number of hydrogen-bond acceptors (Lipinski definition) is 2. The molecular formula is C27H21F3N2. The highest BCUT2D eigenvalue weighted by atomic mass is 19.4. The fourth-order valence-electron chi connectivity index (χ4n) is 4.26. The van der Waals surface area contributed by atoms with E-state index in [1.165, 1.54) is 6.07 Å². The van der Waals surface area contributed by atoms with Crippen molar-refractivity contribution in [2.75, 3.05) is 0 Å². The Morgan fingerprint density at radius 1 is 0.812 bits per heavy atom. The largest absolute Gasteiger partial charge is 0.419 e. The van der Waals surface area contributed by atoms with Crippen molar-refractivity contribution in [2.45, 2.75) is 32.4 Å². The highest BCUT2D eigenvalue weighted by Crippen LogP contribution is 2.42. The van der Waals surface area contributed by atoms with Crippen LogP contribution in [0, 0.1) is 0 Å². The van der Waals surface area contributed by atoms with Crippen molar-refractivity contribution >= 4 is 32.4 Å². The van der Waals surface area contributed by atoms with Crippen LogP contribution >= 0.6 is 0 Å². The van der Waals surface area contributed by atoms with E-state index in [9.17, 15) is 13.2 Å². The summed E-state index contributed by atoms with van der Waals surface area (Å²) in [5.74, 6) is 0. The summed E-state index contributed by atoms with van der Waals surface area (Å²) in [6.07, 6.45) is -3.49. The zero-order valence-corrected chi connectivity index (χ0v) is 17.7. The van der Waals surface area contributed by atoms with Crippen LogP contribution in [0.25, 0.3) is 43.7 Å². The Hall–Kier alpha value is -3.47. The lowest BCUT2D eigenvalue weighted by Gasteiger charge is -2.23. The molecule has 0 spiro atoms. The van der Waals surface area contributed by atoms with E-state index in [1.807, 2.05) is 26.8 Å². The normalized spacial score (nSPS) is 14.0. The maximum atomic E-state index is 14.2. The third kappa shape index (κ3) is 3.29. The second kappa shape index (κ2) is 7.02. The Balaban J connectivity index is 1.94. The molecular weight excluding hydrogens is 409 g/mol. The fraction of sp³-hybridized carbons (Fsp3) is 0.185. The summed E-state index contributed by atoms with van der Waals surface area (Å²) in [5.41, 5.74) is 0.273. The van der Waals surface area contributed by atoms with Crippen molar-refractivity contribution < 1.29 is 17.3 Å². The van der Waals surface area contributed by atoms with Gasteiger partial charge in [-0.1, -0.05) is 69.2 Å². The van der Waals surface area contributed by atoms with Gasteiger partial charge in [0.15, 0.2) is 0 Å². The molecule has 0 saturated carbocycles. The minimum atomic E-state index is -4.62. The number of nitrogens with zero attached hydrogens (tertiary/aromatic N) is 2. The van der Waals surface area contributed by atoms with Gasteiger partial charge in [-0.2, -0.15) is 13.2 Å². The van der Waals surface area contributed by atoms with Gasteiger partial charge in [0.1, 0.15) is 6.33 Å². The van der Waals surface area contributed by atoms with Crippen molar-refractivity contribution in [3.8, 4) is 11.3 Å². The minimum absolute atomic E-state index is 0.0467. The molecule has 5 aromatic rings. The summed E-state index contributed by atoms with van der Waals surface area (Å²) in [4.78, 5) is 8.42. The molecule has 5 heteroatoms. The Labute approximate surface area is 188 Å². The lowest BCUT2D eigenvalue weighted by atomic mass is 9.82. The van der Waals surface area contributed by atoms with E-state index in [2.05, 4.69) is 9.97 Å². The van der Waals surface area contributed by atoms with Crippen LogP contribution in [0.3, 0.4) is 0 Å². The average molecular weight is 433 g/mol. The molecule has 0 aliphatic carbocycles. The third-order valence-corrected chi connectivity index (χ3v) is 5.68. The predicted molar refractivity (Wildman–Crippen MR) is 124 cm³/mol. The van der Waals surface area contributed by atoms with Crippen LogP contribution < -0.4 is 0 Å². The number of fused-ring (bicyclic) bond motifs is 3. The second-order valence-electron chi connectivity index (χ2n) is 8.86. The quantitative estimate of drug-likeness (QED) is 0.251. The number of alkyl halides is 3. The maximum Gasteiger partial charge on any atom is 0.419 e. The van der Waals surface area contributed by atoms with Crippen molar-refractivity contribution in [3.05, 3.63) is 84.1 Å². The topological polar surface area (TPSA) is 25.8 Å². The first-order valence-electron chi connectivity index (χ1n) is 11.7. The van der Waals surface area contributed by atoms with Crippen LogP contribution in [-0.4, -0.2) is 9.97 Å². The van der Waals surface area contributed by atoms with E-state index in [4.69, 9.17) is 4.11 Å². The van der Waals surface area contributed by atoms with Crippen LogP contribution in [0.4, 0.5) is 13.2 Å². The summed E-state index contributed by atoms with van der Waals surface area (Å²) in [6.45, 7) is 5.96. The van der Waals surface area contributed by atoms with Gasteiger partial charge in [0.2, 0.25) is 0 Å². The Kier molecular flexibility index (Phi) is 3.76. The molecule has 0 fully saturated rings. The summed E-state index contributed by atoms with van der Waals surface area (Å²) >= 11 is 0. The minimum Gasteiger partial charge on any atom is -0.236 e. The van der Waals surface area contributed by atoms with Crippen LogP contribution in [0.15, 0.2) is 73.0 Å². The predicted octanol–water partition coefficient (Wildman–Crippen LogP) is 7.92. The van der Waals surface area contributed by atoms with Crippen LogP contribution in [0.2, 0.25) is 0 Å². The Morgan fingerprint density at radius 2 is 1.59 bits per heavy atom. The molecule has 2 nitrogen and oxygen atoms in total. The summed E-state index contributed by atoms with van der Waals surface area (Å²) in [5, 5.41) is 1.88. The zero-order valence-electron chi connectivity index (χ0n) is 20.7. The molecule has 0 bridgehead atoms. The van der Waals surface area contributed by atoms with Gasteiger partial charge in [0, 0.05) is 10.9 Å². The lowest BCUT2D eigenvalue weighted by Crippen LogP contribution is -2.12. The molecule has 0 N–H and O–H groups in total. The molecule has 0 unspecified atom stereocenters. The molecule has 32 heavy (non-hydrogen) atoms. The smallest absolute Gasteiger partial charge is 0.236 e. The third-order valence-electron chi connectivity index (χ3n) is 5.68. The molecule has 0 saturated heterocycles. The summed E-state index contributed by atoms with van der Waals surface area (Å²) in [6, 6.07) is 12.8. The van der Waals surface area contributed by atoms with Crippen molar-refractivity contribution in [3.63, 3.8) is 0 Å². The molecule has 160 valence electrons. The van der Waals surface area contributed by atoms with Gasteiger partial charge in [-0.15, -0.1) is 0 Å². The van der Waals surface area contributed by atoms with Gasteiger partial charge in [-0.3, -0.25) is 0 Å². The summed E-state index contributed by atoms with van der Waals surface area (Å²) < 4.78 is 67.4. The van der Waals surface area contributed by atoms with E-state index in [-0.39, 0.29) is 34.4 Å². The monoisotopic (exact) mass is 433 g/mol. The van der Waals surface area contributed by atoms with Crippen molar-refractivity contribution in [2.24, 2.45) is 0 Å². The number of halogens is 3. The second-order valence-corrected chi connectivity index (χ2v) is 8.86. The first-order valence-corrected chi connectivity index (χ1v) is 10.2. The lowest BCUT2D eigenvalue weighted by molar-refractivity contribution is -0.135. The van der Waals surface area contributed by atoms with Crippen molar-refractivity contribution in [1.82, 2.24) is 9.97 Å². The van der Waals surface area contributed by atoms with E-state index in [0.29, 0.717) is 27.4 Å². The van der Waals surface area contributed by atoms with Crippen LogP contribution in [0.5, 0.6) is 0 Å². The van der Waals surface area contributed by atoms with Crippen LogP contribution in [-0.2, 0) is 11.6 Å². The molecule has 1 heterocycles.